The van der Waals surface area contributed by atoms with Crippen LogP contribution in [0, 0.1) is 0 Å². The molecule has 0 radical (unpaired) electrons. The summed E-state index contributed by atoms with van der Waals surface area (Å²) >= 11 is 0. The van der Waals surface area contributed by atoms with E-state index >= 15 is 0 Å². The van der Waals surface area contributed by atoms with Crippen LogP contribution in [0.3, 0.4) is 0 Å². The third-order valence-corrected chi connectivity index (χ3v) is 5.13. The Morgan fingerprint density at radius 3 is 2.62 bits per heavy atom. The van der Waals surface area contributed by atoms with Crippen LogP contribution in [0.5, 0.6) is 0 Å². The molecule has 0 aliphatic carbocycles. The number of rotatable bonds is 7. The largest absolute Gasteiger partial charge is 0.351 e. The third kappa shape index (κ3) is 3.73. The van der Waals surface area contributed by atoms with Crippen molar-refractivity contribution in [3.63, 3.8) is 0 Å². The average Bonchev–Trinajstić information content (AvgIpc) is 3.16. The summed E-state index contributed by atoms with van der Waals surface area (Å²) in [5, 5.41) is 3.06. The predicted octanol–water partition coefficient (Wildman–Crippen LogP) is 2.53. The monoisotopic (exact) mass is 353 g/mol. The maximum atomic E-state index is 13.0. The number of fused-ring (bicyclic) bond motifs is 1. The van der Waals surface area contributed by atoms with E-state index in [9.17, 15) is 9.59 Å². The number of carbonyl (C=O) groups is 1. The van der Waals surface area contributed by atoms with Gasteiger partial charge in [-0.3, -0.25) is 9.59 Å². The van der Waals surface area contributed by atoms with Gasteiger partial charge in [0.2, 0.25) is 0 Å². The number of pyridine rings is 1. The second-order valence-electron chi connectivity index (χ2n) is 6.62. The molecule has 2 aromatic rings. The van der Waals surface area contributed by atoms with Gasteiger partial charge >= 0.3 is 0 Å². The summed E-state index contributed by atoms with van der Waals surface area (Å²) < 4.78 is 1.76. The number of benzene rings is 1. The van der Waals surface area contributed by atoms with Crippen molar-refractivity contribution in [3.8, 4) is 11.1 Å². The molecule has 1 aromatic heterocycles. The van der Waals surface area contributed by atoms with E-state index in [1.165, 1.54) is 0 Å². The molecule has 0 saturated heterocycles. The molecule has 5 nitrogen and oxygen atoms in total. The highest BCUT2D eigenvalue weighted by molar-refractivity contribution is 6.02. The molecule has 138 valence electrons. The highest BCUT2D eigenvalue weighted by Gasteiger charge is 2.24. The summed E-state index contributed by atoms with van der Waals surface area (Å²) in [6, 6.07) is 11.3. The Balaban J connectivity index is 1.93. The van der Waals surface area contributed by atoms with Crippen LogP contribution in [-0.2, 0) is 13.0 Å². The van der Waals surface area contributed by atoms with Crippen LogP contribution < -0.4 is 10.9 Å². The molecule has 1 aliphatic heterocycles. The highest BCUT2D eigenvalue weighted by atomic mass is 16.2. The molecular weight excluding hydrogens is 326 g/mol. The molecule has 0 spiro atoms. The van der Waals surface area contributed by atoms with Crippen molar-refractivity contribution in [2.45, 2.75) is 33.2 Å². The first-order valence-corrected chi connectivity index (χ1v) is 9.48. The number of likely N-dealkylation sites (N-methyl/N-ethyl adjacent to an activating group) is 1. The van der Waals surface area contributed by atoms with E-state index in [0.29, 0.717) is 18.7 Å². The lowest BCUT2D eigenvalue weighted by Crippen LogP contribution is -2.36. The zero-order valence-corrected chi connectivity index (χ0v) is 15.6. The lowest BCUT2D eigenvalue weighted by molar-refractivity contribution is 0.0948. The number of amides is 1. The smallest absolute Gasteiger partial charge is 0.253 e. The summed E-state index contributed by atoms with van der Waals surface area (Å²) in [5.41, 5.74) is 3.17. The molecule has 3 rings (SSSR count). The van der Waals surface area contributed by atoms with E-state index in [2.05, 4.69) is 24.1 Å². The number of hydrogen-bond acceptors (Lipinski definition) is 3. The standard InChI is InChI=1S/C21H27N3O2/c1-3-23(4-2)14-12-22-21(26)20-17(16-9-6-5-7-10-16)15-19(25)24-13-8-11-18(20)24/h5-7,9-10,15H,3-4,8,11-14H2,1-2H3,(H,22,26). The van der Waals surface area contributed by atoms with Gasteiger partial charge in [0.25, 0.3) is 11.5 Å². The molecule has 1 N–H and O–H groups in total. The van der Waals surface area contributed by atoms with Crippen LogP contribution in [0.1, 0.15) is 36.3 Å². The topological polar surface area (TPSA) is 54.3 Å². The van der Waals surface area contributed by atoms with E-state index in [-0.39, 0.29) is 11.5 Å². The van der Waals surface area contributed by atoms with Crippen molar-refractivity contribution in [1.29, 1.82) is 0 Å². The van der Waals surface area contributed by atoms with Gasteiger partial charge < -0.3 is 14.8 Å². The fraction of sp³-hybridized carbons (Fsp3) is 0.429. The Kier molecular flexibility index (Phi) is 5.89. The van der Waals surface area contributed by atoms with Crippen LogP contribution >= 0.6 is 0 Å². The molecule has 1 amide bonds. The van der Waals surface area contributed by atoms with Crippen molar-refractivity contribution in [3.05, 3.63) is 58.0 Å². The molecule has 5 heteroatoms. The molecule has 0 fully saturated rings. The second kappa shape index (κ2) is 8.32. The van der Waals surface area contributed by atoms with Gasteiger partial charge in [0.15, 0.2) is 0 Å². The molecule has 0 atom stereocenters. The van der Waals surface area contributed by atoms with Gasteiger partial charge in [-0.15, -0.1) is 0 Å². The average molecular weight is 353 g/mol. The molecule has 1 aromatic carbocycles. The van der Waals surface area contributed by atoms with E-state index in [1.54, 1.807) is 10.6 Å². The number of nitrogens with one attached hydrogen (secondary N) is 1. The number of hydrogen-bond donors (Lipinski definition) is 1. The maximum Gasteiger partial charge on any atom is 0.253 e. The SMILES string of the molecule is CCN(CC)CCNC(=O)c1c(-c2ccccc2)cc(=O)n2c1CCC2. The Morgan fingerprint density at radius 1 is 1.19 bits per heavy atom. The molecule has 1 aliphatic rings. The minimum absolute atomic E-state index is 0.0176. The Hall–Kier alpha value is -2.40. The van der Waals surface area contributed by atoms with Gasteiger partial charge in [-0.1, -0.05) is 44.2 Å². The van der Waals surface area contributed by atoms with Gasteiger partial charge in [-0.25, -0.2) is 0 Å². The number of carbonyl (C=O) groups excluding carboxylic acids is 1. The van der Waals surface area contributed by atoms with Gasteiger partial charge in [0, 0.05) is 37.0 Å². The summed E-state index contributed by atoms with van der Waals surface area (Å²) in [4.78, 5) is 27.8. The van der Waals surface area contributed by atoms with Gasteiger partial charge in [0.1, 0.15) is 0 Å². The zero-order valence-electron chi connectivity index (χ0n) is 15.6. The predicted molar refractivity (Wildman–Crippen MR) is 105 cm³/mol. The van der Waals surface area contributed by atoms with Crippen molar-refractivity contribution >= 4 is 5.91 Å². The number of aromatic nitrogens is 1. The normalized spacial score (nSPS) is 13.0. The Bertz CT molecular complexity index is 823. The highest BCUT2D eigenvalue weighted by Crippen LogP contribution is 2.28. The first-order chi connectivity index (χ1) is 12.7. The Labute approximate surface area is 154 Å². The van der Waals surface area contributed by atoms with Crippen LogP contribution in [0.4, 0.5) is 0 Å². The quantitative estimate of drug-likeness (QED) is 0.832. The minimum Gasteiger partial charge on any atom is -0.351 e. The lowest BCUT2D eigenvalue weighted by Gasteiger charge is -2.19. The third-order valence-electron chi connectivity index (χ3n) is 5.13. The van der Waals surface area contributed by atoms with Crippen molar-refractivity contribution < 1.29 is 4.79 Å². The van der Waals surface area contributed by atoms with Crippen molar-refractivity contribution in [2.75, 3.05) is 26.2 Å². The molecule has 0 saturated carbocycles. The number of nitrogens with zero attached hydrogens (tertiary/aromatic N) is 2. The van der Waals surface area contributed by atoms with Crippen LogP contribution in [0.25, 0.3) is 11.1 Å². The van der Waals surface area contributed by atoms with Gasteiger partial charge in [0.05, 0.1) is 5.56 Å². The van der Waals surface area contributed by atoms with Gasteiger partial charge in [-0.2, -0.15) is 0 Å². The minimum atomic E-state index is -0.0818. The van der Waals surface area contributed by atoms with Crippen LogP contribution in [0.15, 0.2) is 41.2 Å². The maximum absolute atomic E-state index is 13.0. The second-order valence-corrected chi connectivity index (χ2v) is 6.62. The van der Waals surface area contributed by atoms with Crippen LogP contribution in [-0.4, -0.2) is 41.6 Å². The summed E-state index contributed by atoms with van der Waals surface area (Å²) in [6.07, 6.45) is 1.68. The first kappa shape index (κ1) is 18.4. The summed E-state index contributed by atoms with van der Waals surface area (Å²) in [7, 11) is 0. The Morgan fingerprint density at radius 2 is 1.92 bits per heavy atom. The summed E-state index contributed by atoms with van der Waals surface area (Å²) in [5.74, 6) is -0.0818. The van der Waals surface area contributed by atoms with Gasteiger partial charge in [-0.05, 0) is 31.5 Å². The molecule has 2 heterocycles. The fourth-order valence-electron chi connectivity index (χ4n) is 3.66. The van der Waals surface area contributed by atoms with E-state index in [0.717, 1.165) is 49.3 Å². The molecule has 0 unspecified atom stereocenters. The molecule has 0 bridgehead atoms. The summed E-state index contributed by atoms with van der Waals surface area (Å²) in [6.45, 7) is 8.31. The molecular formula is C21H27N3O2. The van der Waals surface area contributed by atoms with Crippen molar-refractivity contribution in [1.82, 2.24) is 14.8 Å². The molecule has 26 heavy (non-hydrogen) atoms. The van der Waals surface area contributed by atoms with E-state index in [1.807, 2.05) is 30.3 Å². The van der Waals surface area contributed by atoms with Crippen molar-refractivity contribution in [2.24, 2.45) is 0 Å². The van der Waals surface area contributed by atoms with Crippen LogP contribution in [0.2, 0.25) is 0 Å². The first-order valence-electron chi connectivity index (χ1n) is 9.48. The zero-order chi connectivity index (χ0) is 18.5. The van der Waals surface area contributed by atoms with E-state index in [4.69, 9.17) is 0 Å². The van der Waals surface area contributed by atoms with E-state index < -0.39 is 0 Å². The fourth-order valence-corrected chi connectivity index (χ4v) is 3.66. The lowest BCUT2D eigenvalue weighted by atomic mass is 9.97.